The lowest BCUT2D eigenvalue weighted by molar-refractivity contribution is -0.118. The summed E-state index contributed by atoms with van der Waals surface area (Å²) >= 11 is 7.74. The zero-order valence-corrected chi connectivity index (χ0v) is 20.0. The van der Waals surface area contributed by atoms with Crippen LogP contribution in [0.2, 0.25) is 5.02 Å². The summed E-state index contributed by atoms with van der Waals surface area (Å²) in [6.07, 6.45) is 4.23. The number of nitrogens with zero attached hydrogens (tertiary/aromatic N) is 4. The third-order valence-electron chi connectivity index (χ3n) is 5.36. The van der Waals surface area contributed by atoms with E-state index in [1.165, 1.54) is 22.9 Å². The molecule has 2 aromatic carbocycles. The number of benzene rings is 2. The Labute approximate surface area is 202 Å². The molecule has 0 aliphatic heterocycles. The number of amides is 1. The third-order valence-corrected chi connectivity index (χ3v) is 6.70. The van der Waals surface area contributed by atoms with Crippen LogP contribution in [0.4, 0.5) is 0 Å². The molecule has 2 heterocycles. The van der Waals surface area contributed by atoms with Crippen molar-refractivity contribution in [1.29, 1.82) is 0 Å². The smallest absolute Gasteiger partial charge is 0.230 e. The molecule has 0 aliphatic carbocycles. The zero-order chi connectivity index (χ0) is 23.2. The Kier molecular flexibility index (Phi) is 7.42. The number of rotatable bonds is 8. The summed E-state index contributed by atoms with van der Waals surface area (Å²) < 4.78 is 1.95. The molecular formula is C25H24ClN5OS. The predicted octanol–water partition coefficient (Wildman–Crippen LogP) is 5.05. The summed E-state index contributed by atoms with van der Waals surface area (Å²) in [4.78, 5) is 16.6. The van der Waals surface area contributed by atoms with Gasteiger partial charge in [0.15, 0.2) is 11.0 Å². The van der Waals surface area contributed by atoms with Crippen LogP contribution < -0.4 is 5.32 Å². The number of pyridine rings is 1. The van der Waals surface area contributed by atoms with Gasteiger partial charge in [-0.1, -0.05) is 53.7 Å². The molecule has 33 heavy (non-hydrogen) atoms. The van der Waals surface area contributed by atoms with Gasteiger partial charge >= 0.3 is 0 Å². The largest absolute Gasteiger partial charge is 0.355 e. The van der Waals surface area contributed by atoms with Gasteiger partial charge in [-0.05, 0) is 61.2 Å². The Bertz CT molecular complexity index is 1260. The first-order chi connectivity index (χ1) is 16.0. The molecule has 0 aliphatic rings. The van der Waals surface area contributed by atoms with Crippen LogP contribution in [-0.2, 0) is 11.2 Å². The number of aryl methyl sites for hydroxylation is 1. The minimum absolute atomic E-state index is 0.0450. The van der Waals surface area contributed by atoms with Crippen molar-refractivity contribution in [1.82, 2.24) is 25.1 Å². The molecule has 4 aromatic rings. The van der Waals surface area contributed by atoms with Crippen LogP contribution in [0.15, 0.2) is 72.1 Å². The molecule has 6 nitrogen and oxygen atoms in total. The van der Waals surface area contributed by atoms with E-state index < -0.39 is 0 Å². The fraction of sp³-hybridized carbons (Fsp3) is 0.200. The summed E-state index contributed by atoms with van der Waals surface area (Å²) in [6.45, 7) is 4.63. The van der Waals surface area contributed by atoms with Gasteiger partial charge in [0.05, 0.1) is 11.4 Å². The van der Waals surface area contributed by atoms with Crippen LogP contribution in [0.25, 0.3) is 17.1 Å². The van der Waals surface area contributed by atoms with Gasteiger partial charge in [-0.3, -0.25) is 14.3 Å². The fourth-order valence-electron chi connectivity index (χ4n) is 3.52. The van der Waals surface area contributed by atoms with Crippen molar-refractivity contribution in [2.24, 2.45) is 0 Å². The highest BCUT2D eigenvalue weighted by atomic mass is 35.5. The molecule has 0 radical (unpaired) electrons. The summed E-state index contributed by atoms with van der Waals surface area (Å²) in [5, 5.41) is 13.1. The van der Waals surface area contributed by atoms with Crippen molar-refractivity contribution in [3.05, 3.63) is 88.7 Å². The second-order valence-electron chi connectivity index (χ2n) is 7.58. The normalized spacial score (nSPS) is 10.9. The first-order valence-electron chi connectivity index (χ1n) is 10.6. The minimum Gasteiger partial charge on any atom is -0.355 e. The summed E-state index contributed by atoms with van der Waals surface area (Å²) in [5.74, 6) is 0.864. The van der Waals surface area contributed by atoms with Gasteiger partial charge in [-0.15, -0.1) is 10.2 Å². The molecule has 168 valence electrons. The van der Waals surface area contributed by atoms with E-state index in [4.69, 9.17) is 11.6 Å². The van der Waals surface area contributed by atoms with E-state index in [2.05, 4.69) is 39.6 Å². The van der Waals surface area contributed by atoms with Crippen molar-refractivity contribution in [2.45, 2.75) is 25.4 Å². The summed E-state index contributed by atoms with van der Waals surface area (Å²) in [5.41, 5.74) is 5.14. The Hall–Kier alpha value is -3.16. The maximum atomic E-state index is 12.5. The summed E-state index contributed by atoms with van der Waals surface area (Å²) in [7, 11) is 0. The van der Waals surface area contributed by atoms with E-state index in [0.717, 1.165) is 23.2 Å². The molecule has 1 N–H and O–H groups in total. The number of halogens is 1. The van der Waals surface area contributed by atoms with Crippen LogP contribution >= 0.6 is 23.4 Å². The monoisotopic (exact) mass is 477 g/mol. The molecule has 0 spiro atoms. The third kappa shape index (κ3) is 5.43. The molecule has 0 unspecified atom stereocenters. The Balaban J connectivity index is 1.51. The average molecular weight is 478 g/mol. The number of aromatic nitrogens is 4. The lowest BCUT2D eigenvalue weighted by Gasteiger charge is -2.14. The number of carbonyl (C=O) groups excluding carboxylic acids is 1. The number of hydrogen-bond donors (Lipinski definition) is 1. The first-order valence-corrected chi connectivity index (χ1v) is 12.0. The topological polar surface area (TPSA) is 72.7 Å². The molecule has 0 atom stereocenters. The van der Waals surface area contributed by atoms with E-state index in [0.29, 0.717) is 22.5 Å². The highest BCUT2D eigenvalue weighted by Gasteiger charge is 2.19. The molecular weight excluding hydrogens is 454 g/mol. The number of nitrogens with one attached hydrogen (secondary N) is 1. The molecule has 0 bridgehead atoms. The van der Waals surface area contributed by atoms with Gasteiger partial charge in [0, 0.05) is 29.5 Å². The highest BCUT2D eigenvalue weighted by Crippen LogP contribution is 2.31. The van der Waals surface area contributed by atoms with E-state index in [1.807, 2.05) is 54.0 Å². The maximum absolute atomic E-state index is 12.5. The van der Waals surface area contributed by atoms with Gasteiger partial charge in [0.25, 0.3) is 0 Å². The first kappa shape index (κ1) is 23.0. The maximum Gasteiger partial charge on any atom is 0.230 e. The van der Waals surface area contributed by atoms with E-state index in [9.17, 15) is 4.79 Å². The number of hydrogen-bond acceptors (Lipinski definition) is 5. The van der Waals surface area contributed by atoms with Crippen molar-refractivity contribution < 1.29 is 4.79 Å². The van der Waals surface area contributed by atoms with Gasteiger partial charge in [0.2, 0.25) is 5.91 Å². The molecule has 0 fully saturated rings. The quantitative estimate of drug-likeness (QED) is 0.359. The van der Waals surface area contributed by atoms with E-state index in [-0.39, 0.29) is 11.7 Å². The second-order valence-corrected chi connectivity index (χ2v) is 8.93. The standard InChI is InChI=1S/C25H24ClN5OS/c1-17-6-3-4-7-19(17)12-15-28-23(32)16-33-25-30-29-24(20-10-13-27-14-11-20)31(25)22-9-5-8-21(26)18(22)2/h3-11,13-14H,12,15-16H2,1-2H3,(H,28,32). The molecule has 1 amide bonds. The van der Waals surface area contributed by atoms with Gasteiger partial charge in [-0.25, -0.2) is 0 Å². The zero-order valence-electron chi connectivity index (χ0n) is 18.5. The van der Waals surface area contributed by atoms with Crippen LogP contribution in [-0.4, -0.2) is 38.0 Å². The molecule has 8 heteroatoms. The second kappa shape index (κ2) is 10.6. The SMILES string of the molecule is Cc1ccccc1CCNC(=O)CSc1nnc(-c2ccncc2)n1-c1cccc(Cl)c1C. The van der Waals surface area contributed by atoms with Gasteiger partial charge < -0.3 is 5.32 Å². The van der Waals surface area contributed by atoms with Crippen LogP contribution in [0.1, 0.15) is 16.7 Å². The average Bonchev–Trinajstić information content (AvgIpc) is 3.25. The van der Waals surface area contributed by atoms with Crippen LogP contribution in [0.3, 0.4) is 0 Å². The summed E-state index contributed by atoms with van der Waals surface area (Å²) in [6, 6.07) is 17.7. The molecule has 4 rings (SSSR count). The van der Waals surface area contributed by atoms with E-state index in [1.54, 1.807) is 12.4 Å². The van der Waals surface area contributed by atoms with E-state index >= 15 is 0 Å². The predicted molar refractivity (Wildman–Crippen MR) is 133 cm³/mol. The van der Waals surface area contributed by atoms with Gasteiger partial charge in [-0.2, -0.15) is 0 Å². The fourth-order valence-corrected chi connectivity index (χ4v) is 4.46. The van der Waals surface area contributed by atoms with Crippen molar-refractivity contribution in [3.8, 4) is 17.1 Å². The lowest BCUT2D eigenvalue weighted by Crippen LogP contribution is -2.27. The molecule has 0 saturated heterocycles. The van der Waals surface area contributed by atoms with Crippen molar-refractivity contribution in [2.75, 3.05) is 12.3 Å². The Morgan fingerprint density at radius 3 is 2.61 bits per heavy atom. The Morgan fingerprint density at radius 1 is 1.03 bits per heavy atom. The van der Waals surface area contributed by atoms with Gasteiger partial charge in [0.1, 0.15) is 0 Å². The van der Waals surface area contributed by atoms with Crippen molar-refractivity contribution in [3.63, 3.8) is 0 Å². The number of carbonyl (C=O) groups is 1. The van der Waals surface area contributed by atoms with Crippen LogP contribution in [0, 0.1) is 13.8 Å². The van der Waals surface area contributed by atoms with Crippen LogP contribution in [0.5, 0.6) is 0 Å². The lowest BCUT2D eigenvalue weighted by atomic mass is 10.1. The number of thioether (sulfide) groups is 1. The molecule has 0 saturated carbocycles. The van der Waals surface area contributed by atoms with Crippen molar-refractivity contribution >= 4 is 29.3 Å². The minimum atomic E-state index is -0.0450. The Morgan fingerprint density at radius 2 is 1.82 bits per heavy atom. The molecule has 2 aromatic heterocycles. The highest BCUT2D eigenvalue weighted by molar-refractivity contribution is 7.99.